The molecule has 0 aliphatic carbocycles. The van der Waals surface area contributed by atoms with E-state index in [4.69, 9.17) is 10.00 Å². The fourth-order valence-electron chi connectivity index (χ4n) is 1.87. The molecular weight excluding hydrogens is 236 g/mol. The molecule has 0 atom stereocenters. The lowest BCUT2D eigenvalue weighted by molar-refractivity contribution is 0.185. The van der Waals surface area contributed by atoms with Gasteiger partial charge in [-0.05, 0) is 23.8 Å². The molecule has 96 valence electrons. The van der Waals surface area contributed by atoms with Gasteiger partial charge in [-0.1, -0.05) is 30.3 Å². The summed E-state index contributed by atoms with van der Waals surface area (Å²) in [5.74, 6) is 0. The molecule has 0 unspecified atom stereocenters. The van der Waals surface area contributed by atoms with Crippen LogP contribution in [0.5, 0.6) is 0 Å². The van der Waals surface area contributed by atoms with Crippen LogP contribution in [0.3, 0.4) is 0 Å². The molecule has 2 aromatic carbocycles. The van der Waals surface area contributed by atoms with E-state index >= 15 is 0 Å². The van der Waals surface area contributed by atoms with Gasteiger partial charge >= 0.3 is 0 Å². The molecule has 2 rings (SSSR count). The van der Waals surface area contributed by atoms with Gasteiger partial charge in [0.2, 0.25) is 0 Å². The van der Waals surface area contributed by atoms with Crippen LogP contribution in [-0.4, -0.2) is 7.11 Å². The smallest absolute Gasteiger partial charge is 0.0991 e. The summed E-state index contributed by atoms with van der Waals surface area (Å²) in [5, 5.41) is 12.1. The molecular formula is C16H16N2O. The molecule has 0 heterocycles. The molecule has 3 heteroatoms. The van der Waals surface area contributed by atoms with E-state index in [1.807, 2.05) is 48.5 Å². The highest BCUT2D eigenvalue weighted by Gasteiger charge is 2.01. The van der Waals surface area contributed by atoms with Crippen LogP contribution in [0.15, 0.2) is 48.5 Å². The van der Waals surface area contributed by atoms with Crippen molar-refractivity contribution in [2.24, 2.45) is 0 Å². The zero-order valence-corrected chi connectivity index (χ0v) is 10.9. The van der Waals surface area contributed by atoms with Crippen LogP contribution in [0.25, 0.3) is 0 Å². The van der Waals surface area contributed by atoms with E-state index in [1.165, 1.54) is 0 Å². The lowest BCUT2D eigenvalue weighted by Crippen LogP contribution is -2.03. The number of benzene rings is 2. The first-order chi connectivity index (χ1) is 9.33. The molecule has 3 nitrogen and oxygen atoms in total. The minimum atomic E-state index is 0.594. The second-order valence-electron chi connectivity index (χ2n) is 4.25. The third-order valence-electron chi connectivity index (χ3n) is 2.88. The Morgan fingerprint density at radius 2 is 1.84 bits per heavy atom. The number of nitriles is 1. The van der Waals surface area contributed by atoms with Crippen LogP contribution in [0.1, 0.15) is 16.7 Å². The fourth-order valence-corrected chi connectivity index (χ4v) is 1.87. The maximum absolute atomic E-state index is 8.75. The molecule has 2 aromatic rings. The molecule has 0 aliphatic heterocycles. The minimum absolute atomic E-state index is 0.594. The summed E-state index contributed by atoms with van der Waals surface area (Å²) in [6.45, 7) is 1.32. The van der Waals surface area contributed by atoms with Crippen LogP contribution in [0, 0.1) is 11.3 Å². The number of nitrogens with zero attached hydrogens (tertiary/aromatic N) is 1. The fraction of sp³-hybridized carbons (Fsp3) is 0.188. The molecule has 0 aliphatic rings. The highest BCUT2D eigenvalue weighted by Crippen LogP contribution is 2.17. The van der Waals surface area contributed by atoms with Crippen molar-refractivity contribution in [3.63, 3.8) is 0 Å². The van der Waals surface area contributed by atoms with Crippen molar-refractivity contribution < 1.29 is 4.74 Å². The number of hydrogen-bond donors (Lipinski definition) is 1. The third kappa shape index (κ3) is 3.57. The Morgan fingerprint density at radius 3 is 2.53 bits per heavy atom. The Balaban J connectivity index is 2.03. The van der Waals surface area contributed by atoms with Crippen molar-refractivity contribution in [2.75, 3.05) is 12.4 Å². The van der Waals surface area contributed by atoms with E-state index < -0.39 is 0 Å². The van der Waals surface area contributed by atoms with Gasteiger partial charge in [0.25, 0.3) is 0 Å². The van der Waals surface area contributed by atoms with E-state index in [9.17, 15) is 0 Å². The summed E-state index contributed by atoms with van der Waals surface area (Å²) >= 11 is 0. The maximum Gasteiger partial charge on any atom is 0.0991 e. The normalized spacial score (nSPS) is 9.89. The maximum atomic E-state index is 8.75. The summed E-state index contributed by atoms with van der Waals surface area (Å²) in [6.07, 6.45) is 0. The molecule has 0 aromatic heterocycles. The molecule has 19 heavy (non-hydrogen) atoms. The largest absolute Gasteiger partial charge is 0.381 e. The molecule has 0 saturated carbocycles. The zero-order valence-electron chi connectivity index (χ0n) is 10.9. The summed E-state index contributed by atoms with van der Waals surface area (Å²) in [6, 6.07) is 17.8. The predicted octanol–water partition coefficient (Wildman–Crippen LogP) is 3.32. The standard InChI is InChI=1S/C16H16N2O/c1-19-12-15-4-2-3-5-16(15)18-11-14-8-6-13(10-17)7-9-14/h2-9,18H,11-12H2,1H3. The first kappa shape index (κ1) is 13.1. The van der Waals surface area contributed by atoms with E-state index in [-0.39, 0.29) is 0 Å². The van der Waals surface area contributed by atoms with Crippen molar-refractivity contribution in [1.82, 2.24) is 0 Å². The lowest BCUT2D eigenvalue weighted by atomic mass is 10.1. The highest BCUT2D eigenvalue weighted by molar-refractivity contribution is 5.51. The zero-order chi connectivity index (χ0) is 13.5. The van der Waals surface area contributed by atoms with Gasteiger partial charge in [0.1, 0.15) is 0 Å². The second-order valence-corrected chi connectivity index (χ2v) is 4.25. The Kier molecular flexibility index (Phi) is 4.54. The number of nitrogens with one attached hydrogen (secondary N) is 1. The SMILES string of the molecule is COCc1ccccc1NCc1ccc(C#N)cc1. The number of anilines is 1. The van der Waals surface area contributed by atoms with Gasteiger partial charge in [0, 0.05) is 24.9 Å². The number of hydrogen-bond acceptors (Lipinski definition) is 3. The Labute approximate surface area is 113 Å². The molecule has 0 bridgehead atoms. The number of para-hydroxylation sites is 1. The van der Waals surface area contributed by atoms with E-state index in [2.05, 4.69) is 11.4 Å². The Hall–Kier alpha value is -2.31. The summed E-state index contributed by atoms with van der Waals surface area (Å²) < 4.78 is 5.17. The van der Waals surface area contributed by atoms with Crippen molar-refractivity contribution in [3.05, 3.63) is 65.2 Å². The summed E-state index contributed by atoms with van der Waals surface area (Å²) in [4.78, 5) is 0. The van der Waals surface area contributed by atoms with E-state index in [1.54, 1.807) is 7.11 Å². The van der Waals surface area contributed by atoms with Crippen LogP contribution >= 0.6 is 0 Å². The third-order valence-corrected chi connectivity index (χ3v) is 2.88. The van der Waals surface area contributed by atoms with Crippen molar-refractivity contribution in [2.45, 2.75) is 13.2 Å². The molecule has 0 amide bonds. The summed E-state index contributed by atoms with van der Waals surface area (Å²) in [7, 11) is 1.69. The molecule has 0 saturated heterocycles. The number of methoxy groups -OCH3 is 1. The molecule has 0 radical (unpaired) electrons. The minimum Gasteiger partial charge on any atom is -0.381 e. The lowest BCUT2D eigenvalue weighted by Gasteiger charge is -2.11. The Bertz CT molecular complexity index is 570. The van der Waals surface area contributed by atoms with Crippen LogP contribution in [-0.2, 0) is 17.9 Å². The molecule has 0 fully saturated rings. The first-order valence-electron chi connectivity index (χ1n) is 6.13. The van der Waals surface area contributed by atoms with Gasteiger partial charge in [-0.15, -0.1) is 0 Å². The molecule has 1 N–H and O–H groups in total. The number of ether oxygens (including phenoxy) is 1. The average molecular weight is 252 g/mol. The first-order valence-corrected chi connectivity index (χ1v) is 6.13. The van der Waals surface area contributed by atoms with Gasteiger partial charge in [-0.3, -0.25) is 0 Å². The quantitative estimate of drug-likeness (QED) is 0.887. The topological polar surface area (TPSA) is 45.0 Å². The summed E-state index contributed by atoms with van der Waals surface area (Å²) in [5.41, 5.74) is 4.04. The monoisotopic (exact) mass is 252 g/mol. The van der Waals surface area contributed by atoms with Crippen LogP contribution in [0.4, 0.5) is 5.69 Å². The second kappa shape index (κ2) is 6.58. The van der Waals surface area contributed by atoms with Gasteiger partial charge in [-0.2, -0.15) is 5.26 Å². The van der Waals surface area contributed by atoms with E-state index in [0.29, 0.717) is 12.2 Å². The highest BCUT2D eigenvalue weighted by atomic mass is 16.5. The predicted molar refractivity (Wildman–Crippen MR) is 75.6 cm³/mol. The van der Waals surface area contributed by atoms with Gasteiger partial charge in [-0.25, -0.2) is 0 Å². The van der Waals surface area contributed by atoms with Gasteiger partial charge in [0.05, 0.1) is 18.2 Å². The van der Waals surface area contributed by atoms with Crippen molar-refractivity contribution in [1.29, 1.82) is 5.26 Å². The van der Waals surface area contributed by atoms with Crippen LogP contribution in [0.2, 0.25) is 0 Å². The van der Waals surface area contributed by atoms with Crippen molar-refractivity contribution in [3.8, 4) is 6.07 Å². The van der Waals surface area contributed by atoms with E-state index in [0.717, 1.165) is 23.4 Å². The Morgan fingerprint density at radius 1 is 1.11 bits per heavy atom. The average Bonchev–Trinajstić information content (AvgIpc) is 2.47. The van der Waals surface area contributed by atoms with Gasteiger partial charge < -0.3 is 10.1 Å². The van der Waals surface area contributed by atoms with Crippen molar-refractivity contribution >= 4 is 5.69 Å². The van der Waals surface area contributed by atoms with Crippen LogP contribution < -0.4 is 5.32 Å². The van der Waals surface area contributed by atoms with Gasteiger partial charge in [0.15, 0.2) is 0 Å². The molecule has 0 spiro atoms. The number of rotatable bonds is 5.